The lowest BCUT2D eigenvalue weighted by Crippen LogP contribution is -2.42. The highest BCUT2D eigenvalue weighted by Crippen LogP contribution is 2.34. The van der Waals surface area contributed by atoms with Crippen LogP contribution in [0.4, 0.5) is 4.79 Å². The van der Waals surface area contributed by atoms with E-state index in [1.54, 1.807) is 20.8 Å². The Morgan fingerprint density at radius 1 is 1.33 bits per heavy atom. The van der Waals surface area contributed by atoms with Gasteiger partial charge in [-0.2, -0.15) is 0 Å². The maximum Gasteiger partial charge on any atom is 0.410 e. The van der Waals surface area contributed by atoms with Crippen molar-refractivity contribution in [2.24, 2.45) is 11.3 Å². The molecule has 1 aliphatic carbocycles. The molecule has 6 nitrogen and oxygen atoms in total. The summed E-state index contributed by atoms with van der Waals surface area (Å²) in [5, 5.41) is 9.52. The largest absolute Gasteiger partial charge is 0.481 e. The van der Waals surface area contributed by atoms with E-state index in [2.05, 4.69) is 0 Å². The Kier molecular flexibility index (Phi) is 4.46. The topological polar surface area (TPSA) is 76.1 Å². The van der Waals surface area contributed by atoms with Crippen molar-refractivity contribution >= 4 is 12.1 Å². The summed E-state index contributed by atoms with van der Waals surface area (Å²) in [5.74, 6) is -0.302. The van der Waals surface area contributed by atoms with Gasteiger partial charge in [0.1, 0.15) is 11.0 Å². The molecule has 1 saturated carbocycles. The molecule has 0 radical (unpaired) electrons. The van der Waals surface area contributed by atoms with Crippen molar-refractivity contribution in [2.45, 2.75) is 45.6 Å². The molecule has 2 rings (SSSR count). The maximum absolute atomic E-state index is 12.0. The SMILES string of the molecule is CC(C)(C)OC(=O)N1CCC(COCC2CC2)(C(=O)O)C1. The molecule has 1 aliphatic heterocycles. The van der Waals surface area contributed by atoms with Gasteiger partial charge in [-0.15, -0.1) is 0 Å². The fourth-order valence-electron chi connectivity index (χ4n) is 2.41. The highest BCUT2D eigenvalue weighted by atomic mass is 16.6. The predicted molar refractivity (Wildman–Crippen MR) is 76.0 cm³/mol. The van der Waals surface area contributed by atoms with E-state index >= 15 is 0 Å². The molecular weight excluding hydrogens is 274 g/mol. The summed E-state index contributed by atoms with van der Waals surface area (Å²) in [4.78, 5) is 25.1. The first kappa shape index (κ1) is 16.1. The van der Waals surface area contributed by atoms with Crippen molar-refractivity contribution in [3.05, 3.63) is 0 Å². The van der Waals surface area contributed by atoms with Gasteiger partial charge in [0.05, 0.1) is 6.61 Å². The lowest BCUT2D eigenvalue weighted by atomic mass is 9.88. The van der Waals surface area contributed by atoms with Crippen LogP contribution in [0.5, 0.6) is 0 Å². The summed E-state index contributed by atoms with van der Waals surface area (Å²) in [6, 6.07) is 0. The molecule has 1 heterocycles. The van der Waals surface area contributed by atoms with Crippen molar-refractivity contribution in [3.8, 4) is 0 Å². The average Bonchev–Trinajstić information content (AvgIpc) is 3.04. The van der Waals surface area contributed by atoms with Crippen molar-refractivity contribution in [3.63, 3.8) is 0 Å². The van der Waals surface area contributed by atoms with Gasteiger partial charge in [0.15, 0.2) is 0 Å². The second-order valence-electron chi connectivity index (χ2n) is 7.20. The fourth-order valence-corrected chi connectivity index (χ4v) is 2.41. The Balaban J connectivity index is 1.91. The van der Waals surface area contributed by atoms with Gasteiger partial charge in [0, 0.05) is 19.7 Å². The van der Waals surface area contributed by atoms with E-state index in [0.29, 0.717) is 25.5 Å². The summed E-state index contributed by atoms with van der Waals surface area (Å²) >= 11 is 0. The summed E-state index contributed by atoms with van der Waals surface area (Å²) in [5.41, 5.74) is -1.57. The third-order valence-electron chi connectivity index (χ3n) is 3.89. The molecule has 0 spiro atoms. The number of amides is 1. The second-order valence-corrected chi connectivity index (χ2v) is 7.20. The average molecular weight is 299 g/mol. The predicted octanol–water partition coefficient (Wildman–Crippen LogP) is 2.12. The molecule has 1 N–H and O–H groups in total. The zero-order valence-electron chi connectivity index (χ0n) is 13.1. The monoisotopic (exact) mass is 299 g/mol. The number of carboxylic acids is 1. The third kappa shape index (κ3) is 4.33. The minimum atomic E-state index is -0.994. The number of rotatable bonds is 5. The Hall–Kier alpha value is -1.30. The highest BCUT2D eigenvalue weighted by molar-refractivity contribution is 5.78. The number of aliphatic carboxylic acids is 1. The van der Waals surface area contributed by atoms with Crippen LogP contribution in [0.25, 0.3) is 0 Å². The quantitative estimate of drug-likeness (QED) is 0.841. The van der Waals surface area contributed by atoms with Crippen LogP contribution in [-0.2, 0) is 14.3 Å². The van der Waals surface area contributed by atoms with Crippen LogP contribution in [0.15, 0.2) is 0 Å². The zero-order valence-corrected chi connectivity index (χ0v) is 13.1. The summed E-state index contributed by atoms with van der Waals surface area (Å²) in [6.45, 7) is 6.73. The van der Waals surface area contributed by atoms with Gasteiger partial charge in [0.2, 0.25) is 0 Å². The van der Waals surface area contributed by atoms with Crippen LogP contribution in [0.2, 0.25) is 0 Å². The van der Waals surface area contributed by atoms with Crippen molar-refractivity contribution in [2.75, 3.05) is 26.3 Å². The van der Waals surface area contributed by atoms with E-state index in [1.807, 2.05) is 0 Å². The zero-order chi connectivity index (χ0) is 15.7. The minimum absolute atomic E-state index is 0.155. The summed E-state index contributed by atoms with van der Waals surface area (Å²) in [7, 11) is 0. The Morgan fingerprint density at radius 2 is 2.00 bits per heavy atom. The maximum atomic E-state index is 12.0. The Bertz CT molecular complexity index is 413. The molecule has 2 aliphatic rings. The van der Waals surface area contributed by atoms with E-state index in [1.165, 1.54) is 17.7 Å². The first-order valence-electron chi connectivity index (χ1n) is 7.51. The Labute approximate surface area is 125 Å². The molecule has 0 bridgehead atoms. The number of carbonyl (C=O) groups is 2. The molecular formula is C15H25NO5. The standard InChI is InChI=1S/C15H25NO5/c1-14(2,3)21-13(19)16-7-6-15(9-16,12(17)18)10-20-8-11-4-5-11/h11H,4-10H2,1-3H3,(H,17,18). The molecule has 6 heteroatoms. The van der Waals surface area contributed by atoms with E-state index < -0.39 is 23.1 Å². The number of nitrogens with zero attached hydrogens (tertiary/aromatic N) is 1. The van der Waals surface area contributed by atoms with Crippen LogP contribution >= 0.6 is 0 Å². The van der Waals surface area contributed by atoms with Crippen molar-refractivity contribution in [1.82, 2.24) is 4.90 Å². The van der Waals surface area contributed by atoms with Crippen molar-refractivity contribution in [1.29, 1.82) is 0 Å². The summed E-state index contributed by atoms with van der Waals surface area (Å²) in [6.07, 6.45) is 2.30. The van der Waals surface area contributed by atoms with Gasteiger partial charge in [-0.1, -0.05) is 0 Å². The van der Waals surface area contributed by atoms with Gasteiger partial charge >= 0.3 is 12.1 Å². The molecule has 120 valence electrons. The fraction of sp³-hybridized carbons (Fsp3) is 0.867. The van der Waals surface area contributed by atoms with Crippen LogP contribution in [0.1, 0.15) is 40.0 Å². The molecule has 2 fully saturated rings. The lowest BCUT2D eigenvalue weighted by Gasteiger charge is -2.27. The molecule has 1 saturated heterocycles. The lowest BCUT2D eigenvalue weighted by molar-refractivity contribution is -0.152. The van der Waals surface area contributed by atoms with E-state index in [4.69, 9.17) is 9.47 Å². The first-order valence-corrected chi connectivity index (χ1v) is 7.51. The van der Waals surface area contributed by atoms with Gasteiger partial charge in [0.25, 0.3) is 0 Å². The molecule has 0 aromatic heterocycles. The Morgan fingerprint density at radius 3 is 2.52 bits per heavy atom. The number of carboxylic acid groups (broad SMARTS) is 1. The normalized spacial score (nSPS) is 26.0. The van der Waals surface area contributed by atoms with Crippen molar-refractivity contribution < 1.29 is 24.2 Å². The van der Waals surface area contributed by atoms with E-state index in [-0.39, 0.29) is 13.2 Å². The smallest absolute Gasteiger partial charge is 0.410 e. The third-order valence-corrected chi connectivity index (χ3v) is 3.89. The number of carbonyl (C=O) groups excluding carboxylic acids is 1. The van der Waals surface area contributed by atoms with Gasteiger partial charge in [-0.05, 0) is 46.0 Å². The second kappa shape index (κ2) is 5.83. The molecule has 21 heavy (non-hydrogen) atoms. The van der Waals surface area contributed by atoms with Crippen LogP contribution < -0.4 is 0 Å². The van der Waals surface area contributed by atoms with Gasteiger partial charge < -0.3 is 19.5 Å². The molecule has 1 unspecified atom stereocenters. The van der Waals surface area contributed by atoms with Crippen LogP contribution in [-0.4, -0.2) is 54.0 Å². The highest BCUT2D eigenvalue weighted by Gasteiger charge is 2.47. The molecule has 1 atom stereocenters. The number of ether oxygens (including phenoxy) is 2. The van der Waals surface area contributed by atoms with Crippen LogP contribution in [0.3, 0.4) is 0 Å². The van der Waals surface area contributed by atoms with E-state index in [0.717, 1.165) is 0 Å². The minimum Gasteiger partial charge on any atom is -0.481 e. The first-order chi connectivity index (χ1) is 9.72. The van der Waals surface area contributed by atoms with Gasteiger partial charge in [-0.25, -0.2) is 4.79 Å². The molecule has 0 aromatic rings. The van der Waals surface area contributed by atoms with E-state index in [9.17, 15) is 14.7 Å². The summed E-state index contributed by atoms with van der Waals surface area (Å²) < 4.78 is 10.9. The van der Waals surface area contributed by atoms with Gasteiger partial charge in [-0.3, -0.25) is 4.79 Å². The number of likely N-dealkylation sites (tertiary alicyclic amines) is 1. The molecule has 1 amide bonds. The number of hydrogen-bond donors (Lipinski definition) is 1. The molecule has 0 aromatic carbocycles. The number of hydrogen-bond acceptors (Lipinski definition) is 4. The van der Waals surface area contributed by atoms with Crippen LogP contribution in [0, 0.1) is 11.3 Å².